The maximum Gasteiger partial charge on any atom is 0.306 e. The van der Waals surface area contributed by atoms with Crippen molar-refractivity contribution in [2.75, 3.05) is 0 Å². The second-order valence-corrected chi connectivity index (χ2v) is 7.80. The van der Waals surface area contributed by atoms with Crippen molar-refractivity contribution in [1.29, 1.82) is 5.26 Å². The molecule has 0 radical (unpaired) electrons. The van der Waals surface area contributed by atoms with Gasteiger partial charge in [-0.1, -0.05) is 24.3 Å². The summed E-state index contributed by atoms with van der Waals surface area (Å²) in [5, 5.41) is 10.5. The van der Waals surface area contributed by atoms with E-state index in [0.717, 1.165) is 15.2 Å². The Morgan fingerprint density at radius 2 is 1.87 bits per heavy atom. The summed E-state index contributed by atoms with van der Waals surface area (Å²) in [7, 11) is 0. The highest BCUT2D eigenvalue weighted by Gasteiger charge is 2.13. The molecule has 7 nitrogen and oxygen atoms in total. The summed E-state index contributed by atoms with van der Waals surface area (Å²) < 4.78 is 7.71. The Balaban J connectivity index is 1.38. The average molecular weight is 418 g/mol. The Hall–Kier alpha value is -3.57. The topological polar surface area (TPSA) is 97.9 Å². The van der Waals surface area contributed by atoms with Gasteiger partial charge in [0, 0.05) is 6.42 Å². The molecule has 2 heterocycles. The summed E-state index contributed by atoms with van der Waals surface area (Å²) in [5.74, 6) is -0.109. The summed E-state index contributed by atoms with van der Waals surface area (Å²) in [5.41, 5.74) is 1.17. The van der Waals surface area contributed by atoms with Crippen LogP contribution in [0.3, 0.4) is 0 Å². The number of rotatable bonds is 7. The third kappa shape index (κ3) is 4.21. The molecule has 4 aromatic rings. The van der Waals surface area contributed by atoms with E-state index < -0.39 is 0 Å². The van der Waals surface area contributed by atoms with Crippen molar-refractivity contribution in [1.82, 2.24) is 14.5 Å². The van der Waals surface area contributed by atoms with Gasteiger partial charge < -0.3 is 4.74 Å². The molecule has 0 aliphatic rings. The molecule has 0 atom stereocenters. The second kappa shape index (κ2) is 8.84. The zero-order valence-electron chi connectivity index (χ0n) is 16.1. The number of benzene rings is 2. The first-order valence-electron chi connectivity index (χ1n) is 9.51. The number of ether oxygens (including phenoxy) is 1. The molecule has 0 saturated carbocycles. The summed E-state index contributed by atoms with van der Waals surface area (Å²) in [6.07, 6.45) is 1.56. The maximum atomic E-state index is 12.6. The predicted molar refractivity (Wildman–Crippen MR) is 114 cm³/mol. The molecular weight excluding hydrogens is 400 g/mol. The number of aromatic nitrogens is 3. The van der Waals surface area contributed by atoms with Crippen molar-refractivity contribution in [3.05, 3.63) is 69.7 Å². The van der Waals surface area contributed by atoms with Gasteiger partial charge in [0.05, 0.1) is 32.2 Å². The number of hydrogen-bond donors (Lipinski definition) is 0. The van der Waals surface area contributed by atoms with Crippen LogP contribution in [0.4, 0.5) is 0 Å². The van der Waals surface area contributed by atoms with E-state index in [1.807, 2.05) is 30.3 Å². The zero-order chi connectivity index (χ0) is 20.9. The van der Waals surface area contributed by atoms with Crippen LogP contribution < -0.4 is 5.56 Å². The molecule has 0 fully saturated rings. The zero-order valence-corrected chi connectivity index (χ0v) is 16.9. The third-order valence-corrected chi connectivity index (χ3v) is 5.74. The Morgan fingerprint density at radius 1 is 1.10 bits per heavy atom. The van der Waals surface area contributed by atoms with Crippen LogP contribution in [0.5, 0.6) is 0 Å². The van der Waals surface area contributed by atoms with Crippen molar-refractivity contribution in [2.24, 2.45) is 0 Å². The molecule has 0 bridgehead atoms. The monoisotopic (exact) mass is 418 g/mol. The Kier molecular flexibility index (Phi) is 5.82. The van der Waals surface area contributed by atoms with Crippen LogP contribution in [-0.2, 0) is 29.1 Å². The van der Waals surface area contributed by atoms with E-state index in [1.165, 1.54) is 4.57 Å². The van der Waals surface area contributed by atoms with Crippen molar-refractivity contribution in [3.8, 4) is 6.07 Å². The molecule has 0 spiro atoms. The molecule has 150 valence electrons. The molecule has 0 saturated heterocycles. The summed E-state index contributed by atoms with van der Waals surface area (Å²) >= 11 is 1.63. The molecule has 0 aliphatic heterocycles. The van der Waals surface area contributed by atoms with Gasteiger partial charge in [0.1, 0.15) is 13.2 Å². The van der Waals surface area contributed by atoms with Crippen LogP contribution in [0.1, 0.15) is 23.7 Å². The molecule has 4 rings (SSSR count). The maximum absolute atomic E-state index is 12.6. The number of para-hydroxylation sites is 2. The van der Waals surface area contributed by atoms with E-state index in [2.05, 4.69) is 9.97 Å². The van der Waals surface area contributed by atoms with E-state index in [-0.39, 0.29) is 36.9 Å². The molecule has 0 N–H and O–H groups in total. The minimum Gasteiger partial charge on any atom is -0.458 e. The van der Waals surface area contributed by atoms with Gasteiger partial charge in [-0.05, 0) is 37.1 Å². The fourth-order valence-electron chi connectivity index (χ4n) is 3.19. The molecule has 2 aromatic heterocycles. The van der Waals surface area contributed by atoms with E-state index in [4.69, 9.17) is 10.00 Å². The number of nitriles is 1. The molecule has 0 aliphatic carbocycles. The van der Waals surface area contributed by atoms with Gasteiger partial charge in [0.25, 0.3) is 5.56 Å². The van der Waals surface area contributed by atoms with Gasteiger partial charge >= 0.3 is 5.97 Å². The lowest BCUT2D eigenvalue weighted by molar-refractivity contribution is -0.145. The number of esters is 1. The lowest BCUT2D eigenvalue weighted by Gasteiger charge is -2.11. The molecule has 30 heavy (non-hydrogen) atoms. The van der Waals surface area contributed by atoms with Gasteiger partial charge in [-0.15, -0.1) is 11.3 Å². The number of hydrogen-bond acceptors (Lipinski definition) is 7. The minimum atomic E-state index is -0.373. The molecule has 8 heteroatoms. The quantitative estimate of drug-likeness (QED) is 0.425. The van der Waals surface area contributed by atoms with E-state index in [9.17, 15) is 9.59 Å². The second-order valence-electron chi connectivity index (χ2n) is 6.68. The van der Waals surface area contributed by atoms with Gasteiger partial charge in [-0.25, -0.2) is 9.97 Å². The van der Waals surface area contributed by atoms with E-state index in [0.29, 0.717) is 23.7 Å². The van der Waals surface area contributed by atoms with Crippen molar-refractivity contribution in [2.45, 2.75) is 32.4 Å². The number of fused-ring (bicyclic) bond motifs is 2. The molecule has 0 amide bonds. The molecular formula is C22H18N4O3S. The number of carbonyl (C=O) groups excluding carboxylic acids is 1. The number of thiazole rings is 1. The third-order valence-electron chi connectivity index (χ3n) is 4.64. The molecule has 0 unspecified atom stereocenters. The lowest BCUT2D eigenvalue weighted by atomic mass is 10.2. The van der Waals surface area contributed by atoms with Gasteiger partial charge in [-0.3, -0.25) is 14.2 Å². The van der Waals surface area contributed by atoms with Gasteiger partial charge in [0.2, 0.25) is 0 Å². The Morgan fingerprint density at radius 3 is 2.67 bits per heavy atom. The predicted octanol–water partition coefficient (Wildman–Crippen LogP) is 3.60. The number of nitrogens with zero attached hydrogens (tertiary/aromatic N) is 4. The Labute approximate surface area is 176 Å². The highest BCUT2D eigenvalue weighted by atomic mass is 32.1. The Bertz CT molecular complexity index is 1290. The fourth-order valence-corrected chi connectivity index (χ4v) is 4.20. The SMILES string of the molecule is N#CCn1c(COC(=O)CCCc2nc3ccccc3s2)nc2ccccc2c1=O. The summed E-state index contributed by atoms with van der Waals surface area (Å²) in [6.45, 7) is -0.303. The standard InChI is InChI=1S/C22H18N4O3S/c23-12-13-26-19(24-16-7-2-1-6-15(16)22(26)28)14-29-21(27)11-5-10-20-25-17-8-3-4-9-18(17)30-20/h1-4,6-9H,5,10-11,13-14H2. The van der Waals surface area contributed by atoms with E-state index >= 15 is 0 Å². The number of aryl methyl sites for hydroxylation is 1. The summed E-state index contributed by atoms with van der Waals surface area (Å²) in [6, 6.07) is 16.8. The van der Waals surface area contributed by atoms with Crippen molar-refractivity contribution >= 4 is 38.4 Å². The first kappa shape index (κ1) is 19.7. The largest absolute Gasteiger partial charge is 0.458 e. The van der Waals surface area contributed by atoms with Gasteiger partial charge in [-0.2, -0.15) is 5.26 Å². The van der Waals surface area contributed by atoms with Crippen LogP contribution in [0, 0.1) is 11.3 Å². The minimum absolute atomic E-state index is 0.151. The smallest absolute Gasteiger partial charge is 0.306 e. The van der Waals surface area contributed by atoms with Crippen molar-refractivity contribution in [3.63, 3.8) is 0 Å². The fraction of sp³-hybridized carbons (Fsp3) is 0.227. The van der Waals surface area contributed by atoms with E-state index in [1.54, 1.807) is 35.6 Å². The highest BCUT2D eigenvalue weighted by Crippen LogP contribution is 2.22. The van der Waals surface area contributed by atoms with Crippen LogP contribution in [0.25, 0.3) is 21.1 Å². The lowest BCUT2D eigenvalue weighted by Crippen LogP contribution is -2.26. The summed E-state index contributed by atoms with van der Waals surface area (Å²) in [4.78, 5) is 33.8. The average Bonchev–Trinajstić information content (AvgIpc) is 3.17. The first-order valence-corrected chi connectivity index (χ1v) is 10.3. The van der Waals surface area contributed by atoms with Crippen LogP contribution in [0.15, 0.2) is 53.3 Å². The van der Waals surface area contributed by atoms with Gasteiger partial charge in [0.15, 0.2) is 5.82 Å². The highest BCUT2D eigenvalue weighted by molar-refractivity contribution is 7.18. The van der Waals surface area contributed by atoms with Crippen LogP contribution >= 0.6 is 11.3 Å². The number of carbonyl (C=O) groups is 1. The first-order chi connectivity index (χ1) is 14.7. The normalized spacial score (nSPS) is 10.9. The van der Waals surface area contributed by atoms with Crippen molar-refractivity contribution < 1.29 is 9.53 Å². The van der Waals surface area contributed by atoms with Crippen LogP contribution in [-0.4, -0.2) is 20.5 Å². The molecule has 2 aromatic carbocycles. The van der Waals surface area contributed by atoms with Crippen LogP contribution in [0.2, 0.25) is 0 Å².